The van der Waals surface area contributed by atoms with Gasteiger partial charge in [-0.05, 0) is 31.7 Å². The van der Waals surface area contributed by atoms with Crippen molar-refractivity contribution < 1.29 is 4.74 Å². The van der Waals surface area contributed by atoms with Crippen LogP contribution in [0.15, 0.2) is 0 Å². The summed E-state index contributed by atoms with van der Waals surface area (Å²) in [5.41, 5.74) is 0. The van der Waals surface area contributed by atoms with E-state index in [2.05, 4.69) is 24.1 Å². The first kappa shape index (κ1) is 13.9. The zero-order valence-electron chi connectivity index (χ0n) is 11.2. The highest BCUT2D eigenvalue weighted by Gasteiger charge is 2.27. The molecule has 3 nitrogen and oxygen atoms in total. The van der Waals surface area contributed by atoms with Gasteiger partial charge in [0.25, 0.3) is 0 Å². The first-order chi connectivity index (χ1) is 7.74. The van der Waals surface area contributed by atoms with Gasteiger partial charge in [0.15, 0.2) is 0 Å². The molecule has 0 amide bonds. The maximum atomic E-state index is 5.15. The molecule has 96 valence electrons. The Kier molecular flexibility index (Phi) is 7.01. The molecule has 1 saturated carbocycles. The number of nitrogens with zero attached hydrogens (tertiary/aromatic N) is 1. The molecule has 1 aliphatic carbocycles. The first-order valence-electron chi connectivity index (χ1n) is 6.67. The van der Waals surface area contributed by atoms with E-state index >= 15 is 0 Å². The van der Waals surface area contributed by atoms with Crippen LogP contribution in [0.5, 0.6) is 0 Å². The molecule has 0 unspecified atom stereocenters. The zero-order valence-corrected chi connectivity index (χ0v) is 11.2. The summed E-state index contributed by atoms with van der Waals surface area (Å²) in [6.07, 6.45) is 4.05. The Bertz CT molecular complexity index is 169. The maximum absolute atomic E-state index is 5.15. The minimum Gasteiger partial charge on any atom is -0.383 e. The predicted molar refractivity (Wildman–Crippen MR) is 68.8 cm³/mol. The number of hydrogen-bond acceptors (Lipinski definition) is 3. The van der Waals surface area contributed by atoms with Gasteiger partial charge >= 0.3 is 0 Å². The third-order valence-electron chi connectivity index (χ3n) is 3.12. The molecule has 1 aliphatic rings. The Morgan fingerprint density at radius 1 is 1.25 bits per heavy atom. The van der Waals surface area contributed by atoms with Crippen molar-refractivity contribution in [2.24, 2.45) is 5.92 Å². The molecule has 0 spiro atoms. The van der Waals surface area contributed by atoms with Gasteiger partial charge < -0.3 is 10.1 Å². The molecule has 1 fully saturated rings. The van der Waals surface area contributed by atoms with Crippen LogP contribution in [-0.4, -0.2) is 50.8 Å². The summed E-state index contributed by atoms with van der Waals surface area (Å²) in [6, 6.07) is 0.849. The molecule has 0 aliphatic heterocycles. The normalized spacial score (nSPS) is 16.3. The largest absolute Gasteiger partial charge is 0.383 e. The lowest BCUT2D eigenvalue weighted by Gasteiger charge is -2.21. The lowest BCUT2D eigenvalue weighted by molar-refractivity contribution is 0.144. The summed E-state index contributed by atoms with van der Waals surface area (Å²) in [5.74, 6) is 0.806. The summed E-state index contributed by atoms with van der Waals surface area (Å²) in [6.45, 7) is 9.95. The molecule has 0 aromatic heterocycles. The van der Waals surface area contributed by atoms with Crippen molar-refractivity contribution in [2.45, 2.75) is 39.2 Å². The van der Waals surface area contributed by atoms with Crippen molar-refractivity contribution >= 4 is 0 Å². The topological polar surface area (TPSA) is 24.5 Å². The lowest BCUT2D eigenvalue weighted by Crippen LogP contribution is -2.36. The Morgan fingerprint density at radius 3 is 2.56 bits per heavy atom. The van der Waals surface area contributed by atoms with Crippen molar-refractivity contribution in [1.29, 1.82) is 0 Å². The predicted octanol–water partition coefficient (Wildman–Crippen LogP) is 1.73. The van der Waals surface area contributed by atoms with Crippen molar-refractivity contribution in [3.8, 4) is 0 Å². The van der Waals surface area contributed by atoms with Gasteiger partial charge in [-0.1, -0.05) is 13.8 Å². The fourth-order valence-corrected chi connectivity index (χ4v) is 1.86. The zero-order chi connectivity index (χ0) is 11.8. The van der Waals surface area contributed by atoms with E-state index in [0.29, 0.717) is 0 Å². The molecule has 0 aromatic carbocycles. The number of methoxy groups -OCH3 is 1. The number of hydrogen-bond donors (Lipinski definition) is 1. The second kappa shape index (κ2) is 8.04. The number of nitrogens with one attached hydrogen (secondary N) is 1. The summed E-state index contributed by atoms with van der Waals surface area (Å²) < 4.78 is 5.15. The molecule has 0 bridgehead atoms. The van der Waals surface area contributed by atoms with Crippen LogP contribution < -0.4 is 5.32 Å². The smallest absolute Gasteiger partial charge is 0.0589 e. The van der Waals surface area contributed by atoms with Crippen molar-refractivity contribution in [3.63, 3.8) is 0 Å². The molecule has 0 heterocycles. The lowest BCUT2D eigenvalue weighted by atomic mass is 10.1. The standard InChI is InChI=1S/C13H28N2O/c1-12(2)6-7-14-8-9-15(10-11-16-3)13-4-5-13/h12-14H,4-11H2,1-3H3. The van der Waals surface area contributed by atoms with Crippen LogP contribution in [0.1, 0.15) is 33.1 Å². The second-order valence-electron chi connectivity index (χ2n) is 5.19. The van der Waals surface area contributed by atoms with E-state index in [9.17, 15) is 0 Å². The van der Waals surface area contributed by atoms with E-state index in [-0.39, 0.29) is 0 Å². The van der Waals surface area contributed by atoms with Crippen molar-refractivity contribution in [1.82, 2.24) is 10.2 Å². The second-order valence-corrected chi connectivity index (χ2v) is 5.19. The molecule has 0 aromatic rings. The van der Waals surface area contributed by atoms with E-state index in [1.165, 1.54) is 25.8 Å². The monoisotopic (exact) mass is 228 g/mol. The van der Waals surface area contributed by atoms with Crippen LogP contribution in [-0.2, 0) is 4.74 Å². The van der Waals surface area contributed by atoms with Crippen LogP contribution in [0, 0.1) is 5.92 Å². The Balaban J connectivity index is 1.99. The van der Waals surface area contributed by atoms with Gasteiger partial charge in [-0.25, -0.2) is 0 Å². The Hall–Kier alpha value is -0.120. The molecule has 0 saturated heterocycles. The van der Waals surface area contributed by atoms with E-state index in [0.717, 1.165) is 38.2 Å². The highest BCUT2D eigenvalue weighted by atomic mass is 16.5. The van der Waals surface area contributed by atoms with Gasteiger partial charge in [-0.15, -0.1) is 0 Å². The van der Waals surface area contributed by atoms with Crippen LogP contribution in [0.2, 0.25) is 0 Å². The van der Waals surface area contributed by atoms with Gasteiger partial charge in [0, 0.05) is 32.8 Å². The molecule has 1 rings (SSSR count). The summed E-state index contributed by atoms with van der Waals surface area (Å²) >= 11 is 0. The number of rotatable bonds is 10. The van der Waals surface area contributed by atoms with E-state index in [1.54, 1.807) is 7.11 Å². The average Bonchev–Trinajstić information content (AvgIpc) is 3.05. The summed E-state index contributed by atoms with van der Waals surface area (Å²) in [5, 5.41) is 3.52. The van der Waals surface area contributed by atoms with E-state index in [4.69, 9.17) is 4.74 Å². The molecular weight excluding hydrogens is 200 g/mol. The summed E-state index contributed by atoms with van der Waals surface area (Å²) in [7, 11) is 1.78. The average molecular weight is 228 g/mol. The SMILES string of the molecule is COCCN(CCNCCC(C)C)C1CC1. The molecule has 3 heteroatoms. The molecule has 0 atom stereocenters. The van der Waals surface area contributed by atoms with Gasteiger partial charge in [0.2, 0.25) is 0 Å². The van der Waals surface area contributed by atoms with Crippen LogP contribution in [0.4, 0.5) is 0 Å². The van der Waals surface area contributed by atoms with Crippen molar-refractivity contribution in [2.75, 3.05) is 39.9 Å². The highest BCUT2D eigenvalue weighted by molar-refractivity contribution is 4.84. The quantitative estimate of drug-likeness (QED) is 0.576. The van der Waals surface area contributed by atoms with E-state index in [1.807, 2.05) is 0 Å². The highest BCUT2D eigenvalue weighted by Crippen LogP contribution is 2.25. The Morgan fingerprint density at radius 2 is 2.00 bits per heavy atom. The van der Waals surface area contributed by atoms with Gasteiger partial charge in [0.05, 0.1) is 6.61 Å². The van der Waals surface area contributed by atoms with E-state index < -0.39 is 0 Å². The van der Waals surface area contributed by atoms with Crippen LogP contribution in [0.25, 0.3) is 0 Å². The molecular formula is C13H28N2O. The fraction of sp³-hybridized carbons (Fsp3) is 1.00. The van der Waals surface area contributed by atoms with Crippen LogP contribution >= 0.6 is 0 Å². The van der Waals surface area contributed by atoms with Gasteiger partial charge in [-0.2, -0.15) is 0 Å². The fourth-order valence-electron chi connectivity index (χ4n) is 1.86. The third-order valence-corrected chi connectivity index (χ3v) is 3.12. The molecule has 1 N–H and O–H groups in total. The Labute approximate surface area is 101 Å². The third kappa shape index (κ3) is 6.46. The number of ether oxygens (including phenoxy) is 1. The minimum atomic E-state index is 0.806. The van der Waals surface area contributed by atoms with Gasteiger partial charge in [-0.3, -0.25) is 4.90 Å². The van der Waals surface area contributed by atoms with Crippen LogP contribution in [0.3, 0.4) is 0 Å². The van der Waals surface area contributed by atoms with Crippen molar-refractivity contribution in [3.05, 3.63) is 0 Å². The molecule has 0 radical (unpaired) electrons. The minimum absolute atomic E-state index is 0.806. The molecule has 16 heavy (non-hydrogen) atoms. The first-order valence-corrected chi connectivity index (χ1v) is 6.67. The van der Waals surface area contributed by atoms with Gasteiger partial charge in [0.1, 0.15) is 0 Å². The summed E-state index contributed by atoms with van der Waals surface area (Å²) in [4.78, 5) is 2.56. The maximum Gasteiger partial charge on any atom is 0.0589 e.